The van der Waals surface area contributed by atoms with Gasteiger partial charge in [0.1, 0.15) is 5.82 Å². The summed E-state index contributed by atoms with van der Waals surface area (Å²) in [7, 11) is 0. The van der Waals surface area contributed by atoms with E-state index in [-0.39, 0.29) is 10.6 Å². The second kappa shape index (κ2) is 6.27. The SMILES string of the molecule is CSC1(CNc2ccc(C#N)cc2F)CCOCC1. The Morgan fingerprint density at radius 2 is 2.21 bits per heavy atom. The lowest BCUT2D eigenvalue weighted by atomic mass is 9.99. The van der Waals surface area contributed by atoms with E-state index in [0.29, 0.717) is 17.8 Å². The molecule has 0 saturated carbocycles. The molecule has 1 aliphatic rings. The third kappa shape index (κ3) is 3.40. The number of anilines is 1. The second-order valence-electron chi connectivity index (χ2n) is 4.66. The zero-order valence-corrected chi connectivity index (χ0v) is 11.7. The molecule has 0 aromatic heterocycles. The van der Waals surface area contributed by atoms with Crippen molar-refractivity contribution in [2.24, 2.45) is 0 Å². The van der Waals surface area contributed by atoms with Gasteiger partial charge in [-0.1, -0.05) is 0 Å². The fraction of sp³-hybridized carbons (Fsp3) is 0.500. The minimum atomic E-state index is -0.373. The van der Waals surface area contributed by atoms with Gasteiger partial charge >= 0.3 is 0 Å². The second-order valence-corrected chi connectivity index (χ2v) is 5.93. The van der Waals surface area contributed by atoms with E-state index in [1.165, 1.54) is 6.07 Å². The maximum Gasteiger partial charge on any atom is 0.147 e. The highest BCUT2D eigenvalue weighted by atomic mass is 32.2. The summed E-state index contributed by atoms with van der Waals surface area (Å²) >= 11 is 1.81. The number of rotatable bonds is 4. The number of thioether (sulfide) groups is 1. The maximum absolute atomic E-state index is 13.8. The molecule has 2 rings (SSSR count). The lowest BCUT2D eigenvalue weighted by Crippen LogP contribution is -2.39. The van der Waals surface area contributed by atoms with E-state index in [2.05, 4.69) is 11.6 Å². The molecule has 1 aromatic rings. The van der Waals surface area contributed by atoms with Crippen LogP contribution in [0.5, 0.6) is 0 Å². The van der Waals surface area contributed by atoms with Crippen molar-refractivity contribution in [3.05, 3.63) is 29.6 Å². The molecular formula is C14H17FN2OS. The smallest absolute Gasteiger partial charge is 0.147 e. The van der Waals surface area contributed by atoms with Crippen molar-refractivity contribution in [1.29, 1.82) is 5.26 Å². The van der Waals surface area contributed by atoms with Gasteiger partial charge in [-0.3, -0.25) is 0 Å². The van der Waals surface area contributed by atoms with Gasteiger partial charge in [0, 0.05) is 24.5 Å². The van der Waals surface area contributed by atoms with Crippen LogP contribution in [-0.2, 0) is 4.74 Å². The monoisotopic (exact) mass is 280 g/mol. The topological polar surface area (TPSA) is 45.0 Å². The molecule has 19 heavy (non-hydrogen) atoms. The number of ether oxygens (including phenoxy) is 1. The lowest BCUT2D eigenvalue weighted by Gasteiger charge is -2.36. The molecule has 1 N–H and O–H groups in total. The molecule has 0 bridgehead atoms. The molecule has 0 atom stereocenters. The molecule has 1 heterocycles. The van der Waals surface area contributed by atoms with E-state index in [0.717, 1.165) is 26.1 Å². The Kier molecular flexibility index (Phi) is 4.67. The number of hydrogen-bond acceptors (Lipinski definition) is 4. The van der Waals surface area contributed by atoms with E-state index < -0.39 is 0 Å². The first-order chi connectivity index (χ1) is 9.19. The van der Waals surface area contributed by atoms with Crippen molar-refractivity contribution >= 4 is 17.4 Å². The highest BCUT2D eigenvalue weighted by molar-refractivity contribution is 8.00. The van der Waals surface area contributed by atoms with E-state index in [1.807, 2.05) is 17.8 Å². The van der Waals surface area contributed by atoms with Gasteiger partial charge in [0.05, 0.1) is 17.3 Å². The van der Waals surface area contributed by atoms with E-state index in [4.69, 9.17) is 10.00 Å². The molecule has 1 saturated heterocycles. The zero-order chi connectivity index (χ0) is 13.7. The van der Waals surface area contributed by atoms with Gasteiger partial charge in [-0.15, -0.1) is 0 Å². The van der Waals surface area contributed by atoms with Crippen LogP contribution < -0.4 is 5.32 Å². The first kappa shape index (κ1) is 14.2. The van der Waals surface area contributed by atoms with Crippen LogP contribution >= 0.6 is 11.8 Å². The van der Waals surface area contributed by atoms with Crippen LogP contribution in [0.1, 0.15) is 18.4 Å². The van der Waals surface area contributed by atoms with Gasteiger partial charge in [0.25, 0.3) is 0 Å². The molecule has 5 heteroatoms. The quantitative estimate of drug-likeness (QED) is 0.921. The van der Waals surface area contributed by atoms with Gasteiger partial charge < -0.3 is 10.1 Å². The van der Waals surface area contributed by atoms with Crippen molar-refractivity contribution in [3.8, 4) is 6.07 Å². The van der Waals surface area contributed by atoms with E-state index in [1.54, 1.807) is 12.1 Å². The first-order valence-corrected chi connectivity index (χ1v) is 7.48. The Labute approximate surface area is 117 Å². The minimum Gasteiger partial charge on any atom is -0.381 e. The summed E-state index contributed by atoms with van der Waals surface area (Å²) in [5.41, 5.74) is 0.799. The maximum atomic E-state index is 13.8. The van der Waals surface area contributed by atoms with Gasteiger partial charge in [-0.25, -0.2) is 4.39 Å². The molecule has 1 fully saturated rings. The molecule has 102 valence electrons. The normalized spacial score (nSPS) is 17.7. The predicted octanol–water partition coefficient (Wildman–Crippen LogP) is 3.02. The van der Waals surface area contributed by atoms with E-state index in [9.17, 15) is 4.39 Å². The number of nitriles is 1. The average molecular weight is 280 g/mol. The molecule has 0 aliphatic carbocycles. The van der Waals surface area contributed by atoms with Gasteiger partial charge in [0.15, 0.2) is 0 Å². The number of nitrogens with zero attached hydrogens (tertiary/aromatic N) is 1. The Hall–Kier alpha value is -1.25. The molecule has 3 nitrogen and oxygen atoms in total. The fourth-order valence-electron chi connectivity index (χ4n) is 2.18. The molecular weight excluding hydrogens is 263 g/mol. The Morgan fingerprint density at radius 3 is 2.79 bits per heavy atom. The standard InChI is InChI=1S/C14H17FN2OS/c1-19-14(4-6-18-7-5-14)10-17-13-3-2-11(9-16)8-12(13)15/h2-3,8,17H,4-7,10H2,1H3. The number of benzene rings is 1. The largest absolute Gasteiger partial charge is 0.381 e. The summed E-state index contributed by atoms with van der Waals surface area (Å²) in [6.45, 7) is 2.23. The summed E-state index contributed by atoms with van der Waals surface area (Å²) in [6.07, 6.45) is 4.03. The Morgan fingerprint density at radius 1 is 1.47 bits per heavy atom. The number of halogens is 1. The molecule has 0 amide bonds. The van der Waals surface area contributed by atoms with Crippen molar-refractivity contribution in [1.82, 2.24) is 0 Å². The van der Waals surface area contributed by atoms with Gasteiger partial charge in [-0.05, 0) is 37.3 Å². The Balaban J connectivity index is 2.03. The van der Waals surface area contributed by atoms with Crippen molar-refractivity contribution in [2.75, 3.05) is 31.3 Å². The molecule has 1 aromatic carbocycles. The Bertz CT molecular complexity index is 481. The van der Waals surface area contributed by atoms with Crippen LogP contribution in [0.3, 0.4) is 0 Å². The van der Waals surface area contributed by atoms with Crippen LogP contribution in [0.2, 0.25) is 0 Å². The molecule has 0 unspecified atom stereocenters. The minimum absolute atomic E-state index is 0.110. The first-order valence-electron chi connectivity index (χ1n) is 6.25. The highest BCUT2D eigenvalue weighted by Crippen LogP contribution is 2.34. The van der Waals surface area contributed by atoms with Gasteiger partial charge in [0.2, 0.25) is 0 Å². The average Bonchev–Trinajstić information content (AvgIpc) is 2.47. The highest BCUT2D eigenvalue weighted by Gasteiger charge is 2.31. The number of nitrogens with one attached hydrogen (secondary N) is 1. The van der Waals surface area contributed by atoms with Gasteiger partial charge in [-0.2, -0.15) is 17.0 Å². The summed E-state index contributed by atoms with van der Waals surface area (Å²) in [4.78, 5) is 0. The molecule has 0 radical (unpaired) electrons. The predicted molar refractivity (Wildman–Crippen MR) is 75.9 cm³/mol. The summed E-state index contributed by atoms with van der Waals surface area (Å²) < 4.78 is 19.3. The van der Waals surface area contributed by atoms with Crippen molar-refractivity contribution in [2.45, 2.75) is 17.6 Å². The molecule has 1 aliphatic heterocycles. The van der Waals surface area contributed by atoms with Crippen molar-refractivity contribution in [3.63, 3.8) is 0 Å². The lowest BCUT2D eigenvalue weighted by molar-refractivity contribution is 0.0802. The third-order valence-corrected chi connectivity index (χ3v) is 4.95. The van der Waals surface area contributed by atoms with Crippen molar-refractivity contribution < 1.29 is 9.13 Å². The summed E-state index contributed by atoms with van der Waals surface area (Å²) in [6, 6.07) is 6.45. The summed E-state index contributed by atoms with van der Waals surface area (Å²) in [5.74, 6) is -0.373. The van der Waals surface area contributed by atoms with Crippen LogP contribution in [0, 0.1) is 17.1 Å². The van der Waals surface area contributed by atoms with Crippen LogP contribution in [-0.4, -0.2) is 30.8 Å². The van der Waals surface area contributed by atoms with E-state index >= 15 is 0 Å². The van der Waals surface area contributed by atoms with Crippen LogP contribution in [0.15, 0.2) is 18.2 Å². The molecule has 0 spiro atoms. The number of hydrogen-bond donors (Lipinski definition) is 1. The fourth-order valence-corrected chi connectivity index (χ4v) is 2.97. The zero-order valence-electron chi connectivity index (χ0n) is 10.9. The third-order valence-electron chi connectivity index (χ3n) is 3.54. The van der Waals surface area contributed by atoms with Crippen LogP contribution in [0.25, 0.3) is 0 Å². The van der Waals surface area contributed by atoms with Crippen LogP contribution in [0.4, 0.5) is 10.1 Å². The summed E-state index contributed by atoms with van der Waals surface area (Å²) in [5, 5.41) is 11.9.